The van der Waals surface area contributed by atoms with Crippen LogP contribution in [0.3, 0.4) is 0 Å². The lowest BCUT2D eigenvalue weighted by Gasteiger charge is -2.09. The van der Waals surface area contributed by atoms with E-state index >= 15 is 0 Å². The minimum absolute atomic E-state index is 0.0237. The molecule has 13 heavy (non-hydrogen) atoms. The molecule has 1 aliphatic heterocycles. The third-order valence-electron chi connectivity index (χ3n) is 1.94. The van der Waals surface area contributed by atoms with Crippen molar-refractivity contribution in [3.05, 3.63) is 28.5 Å². The smallest absolute Gasteiger partial charge is 0.315 e. The number of urea groups is 1. The van der Waals surface area contributed by atoms with Crippen molar-refractivity contribution in [2.75, 3.05) is 6.54 Å². The van der Waals surface area contributed by atoms with Crippen LogP contribution < -0.4 is 10.6 Å². The number of aromatic nitrogens is 1. The number of rotatable bonds is 1. The number of hydrogen-bond acceptors (Lipinski definition) is 2. The van der Waals surface area contributed by atoms with Crippen LogP contribution >= 0.6 is 15.9 Å². The first-order chi connectivity index (χ1) is 6.27. The fraction of sp³-hybridized carbons (Fsp3) is 0.250. The Hall–Kier alpha value is -1.10. The summed E-state index contributed by atoms with van der Waals surface area (Å²) >= 11 is 3.34. The van der Waals surface area contributed by atoms with E-state index in [9.17, 15) is 4.79 Å². The van der Waals surface area contributed by atoms with Crippen molar-refractivity contribution in [2.45, 2.75) is 6.04 Å². The van der Waals surface area contributed by atoms with Gasteiger partial charge in [0, 0.05) is 18.3 Å². The largest absolute Gasteiger partial charge is 0.336 e. The fourth-order valence-electron chi connectivity index (χ4n) is 1.30. The van der Waals surface area contributed by atoms with Gasteiger partial charge in [-0.3, -0.25) is 0 Å². The monoisotopic (exact) mass is 241 g/mol. The average Bonchev–Trinajstić information content (AvgIpc) is 2.53. The van der Waals surface area contributed by atoms with Crippen molar-refractivity contribution < 1.29 is 4.79 Å². The van der Waals surface area contributed by atoms with Crippen LogP contribution in [0.5, 0.6) is 0 Å². The Morgan fingerprint density at radius 3 is 3.08 bits per heavy atom. The maximum absolute atomic E-state index is 10.9. The number of carbonyl (C=O) groups excluding carboxylic acids is 1. The van der Waals surface area contributed by atoms with Gasteiger partial charge >= 0.3 is 6.03 Å². The fourth-order valence-corrected chi connectivity index (χ4v) is 1.83. The molecule has 2 heterocycles. The first-order valence-electron chi connectivity index (χ1n) is 3.92. The van der Waals surface area contributed by atoms with Crippen LogP contribution in [0.1, 0.15) is 11.6 Å². The van der Waals surface area contributed by atoms with Crippen LogP contribution in [0.2, 0.25) is 0 Å². The Labute approximate surface area is 83.9 Å². The van der Waals surface area contributed by atoms with E-state index in [-0.39, 0.29) is 12.1 Å². The van der Waals surface area contributed by atoms with Crippen LogP contribution in [0.4, 0.5) is 4.79 Å². The first kappa shape index (κ1) is 8.50. The molecule has 2 amide bonds. The summed E-state index contributed by atoms with van der Waals surface area (Å²) in [4.78, 5) is 15.0. The molecule has 2 N–H and O–H groups in total. The molecule has 1 fully saturated rings. The minimum Gasteiger partial charge on any atom is -0.336 e. The Morgan fingerprint density at radius 1 is 1.62 bits per heavy atom. The topological polar surface area (TPSA) is 54.0 Å². The van der Waals surface area contributed by atoms with E-state index in [0.29, 0.717) is 6.54 Å². The summed E-state index contributed by atoms with van der Waals surface area (Å²) in [7, 11) is 0. The molecule has 0 aromatic carbocycles. The zero-order valence-corrected chi connectivity index (χ0v) is 8.34. The molecule has 4 nitrogen and oxygen atoms in total. The van der Waals surface area contributed by atoms with Gasteiger partial charge in [-0.1, -0.05) is 6.07 Å². The molecule has 0 bridgehead atoms. The lowest BCUT2D eigenvalue weighted by Crippen LogP contribution is -2.21. The molecule has 1 aliphatic rings. The lowest BCUT2D eigenvalue weighted by atomic mass is 10.1. The van der Waals surface area contributed by atoms with Crippen LogP contribution in [-0.2, 0) is 0 Å². The maximum atomic E-state index is 10.9. The molecule has 0 spiro atoms. The summed E-state index contributed by atoms with van der Waals surface area (Å²) < 4.78 is 0.781. The first-order valence-corrected chi connectivity index (χ1v) is 4.71. The number of halogens is 1. The van der Waals surface area contributed by atoms with E-state index in [1.807, 2.05) is 12.1 Å². The Balaban J connectivity index is 2.26. The highest BCUT2D eigenvalue weighted by atomic mass is 79.9. The van der Waals surface area contributed by atoms with Crippen molar-refractivity contribution >= 4 is 22.0 Å². The van der Waals surface area contributed by atoms with Crippen molar-refractivity contribution in [2.24, 2.45) is 0 Å². The van der Waals surface area contributed by atoms with E-state index in [0.717, 1.165) is 10.2 Å². The summed E-state index contributed by atoms with van der Waals surface area (Å²) in [6.45, 7) is 0.614. The standard InChI is InChI=1S/C8H8BrN3O/c9-7-5(2-1-3-10-7)6-4-11-8(13)12-6/h1-3,6H,4H2,(H2,11,12,13)/t6-/m1/s1. The maximum Gasteiger partial charge on any atom is 0.315 e. The van der Waals surface area contributed by atoms with Gasteiger partial charge in [-0.25, -0.2) is 9.78 Å². The molecule has 1 atom stereocenters. The van der Waals surface area contributed by atoms with Crippen LogP contribution in [-0.4, -0.2) is 17.6 Å². The third kappa shape index (κ3) is 1.65. The summed E-state index contributed by atoms with van der Waals surface area (Å²) in [6, 6.07) is 3.69. The van der Waals surface area contributed by atoms with Crippen molar-refractivity contribution in [3.63, 3.8) is 0 Å². The van der Waals surface area contributed by atoms with E-state index < -0.39 is 0 Å². The van der Waals surface area contributed by atoms with Gasteiger partial charge in [-0.2, -0.15) is 0 Å². The number of pyridine rings is 1. The SMILES string of the molecule is O=C1NC[C@H](c2cccnc2Br)N1. The van der Waals surface area contributed by atoms with Gasteiger partial charge in [-0.05, 0) is 22.0 Å². The number of amides is 2. The zero-order chi connectivity index (χ0) is 9.26. The van der Waals surface area contributed by atoms with Crippen molar-refractivity contribution in [3.8, 4) is 0 Å². The van der Waals surface area contributed by atoms with Crippen LogP contribution in [0.25, 0.3) is 0 Å². The van der Waals surface area contributed by atoms with E-state index in [4.69, 9.17) is 0 Å². The molecular weight excluding hydrogens is 234 g/mol. The lowest BCUT2D eigenvalue weighted by molar-refractivity contribution is 0.247. The molecule has 1 aromatic heterocycles. The highest BCUT2D eigenvalue weighted by molar-refractivity contribution is 9.10. The predicted octanol–water partition coefficient (Wildman–Crippen LogP) is 1.20. The predicted molar refractivity (Wildman–Crippen MR) is 51.2 cm³/mol. The molecular formula is C8H8BrN3O. The van der Waals surface area contributed by atoms with E-state index in [1.165, 1.54) is 0 Å². The van der Waals surface area contributed by atoms with Crippen molar-refractivity contribution in [1.82, 2.24) is 15.6 Å². The normalized spacial score (nSPS) is 21.0. The van der Waals surface area contributed by atoms with E-state index in [2.05, 4.69) is 31.5 Å². The van der Waals surface area contributed by atoms with Gasteiger partial charge in [0.1, 0.15) is 4.60 Å². The Bertz CT molecular complexity index is 342. The number of nitrogens with zero attached hydrogens (tertiary/aromatic N) is 1. The summed E-state index contributed by atoms with van der Waals surface area (Å²) in [6.07, 6.45) is 1.71. The second kappa shape index (κ2) is 3.33. The Morgan fingerprint density at radius 2 is 2.46 bits per heavy atom. The molecule has 0 aliphatic carbocycles. The minimum atomic E-state index is -0.124. The highest BCUT2D eigenvalue weighted by Gasteiger charge is 2.23. The number of carbonyl (C=O) groups is 1. The molecule has 0 unspecified atom stereocenters. The third-order valence-corrected chi connectivity index (χ3v) is 2.60. The molecule has 68 valence electrons. The van der Waals surface area contributed by atoms with Gasteiger partial charge < -0.3 is 10.6 Å². The Kier molecular flexibility index (Phi) is 2.18. The van der Waals surface area contributed by atoms with Gasteiger partial charge in [0.2, 0.25) is 0 Å². The van der Waals surface area contributed by atoms with Gasteiger partial charge in [0.05, 0.1) is 6.04 Å². The average molecular weight is 242 g/mol. The quantitative estimate of drug-likeness (QED) is 0.727. The molecule has 0 radical (unpaired) electrons. The summed E-state index contributed by atoms with van der Waals surface area (Å²) in [5, 5.41) is 5.49. The van der Waals surface area contributed by atoms with Crippen molar-refractivity contribution in [1.29, 1.82) is 0 Å². The summed E-state index contributed by atoms with van der Waals surface area (Å²) in [5.74, 6) is 0. The van der Waals surface area contributed by atoms with Gasteiger partial charge in [0.25, 0.3) is 0 Å². The second-order valence-electron chi connectivity index (χ2n) is 2.79. The molecule has 1 aromatic rings. The van der Waals surface area contributed by atoms with E-state index in [1.54, 1.807) is 6.20 Å². The molecule has 0 saturated carbocycles. The summed E-state index contributed by atoms with van der Waals surface area (Å²) in [5.41, 5.74) is 1.00. The van der Waals surface area contributed by atoms with Gasteiger partial charge in [0.15, 0.2) is 0 Å². The molecule has 5 heteroatoms. The second-order valence-corrected chi connectivity index (χ2v) is 3.54. The number of nitrogens with one attached hydrogen (secondary N) is 2. The molecule has 1 saturated heterocycles. The highest BCUT2D eigenvalue weighted by Crippen LogP contribution is 2.21. The van der Waals surface area contributed by atoms with Crippen LogP contribution in [0.15, 0.2) is 22.9 Å². The van der Waals surface area contributed by atoms with Gasteiger partial charge in [-0.15, -0.1) is 0 Å². The molecule has 2 rings (SSSR count). The number of hydrogen-bond donors (Lipinski definition) is 2. The zero-order valence-electron chi connectivity index (χ0n) is 6.75. The van der Waals surface area contributed by atoms with Crippen LogP contribution in [0, 0.1) is 0 Å².